The third-order valence-corrected chi connectivity index (χ3v) is 16.9. The summed E-state index contributed by atoms with van der Waals surface area (Å²) >= 11 is 0. The van der Waals surface area contributed by atoms with E-state index < -0.39 is 8.07 Å². The molecule has 12 rings (SSSR count). The maximum absolute atomic E-state index is 5.53. The highest BCUT2D eigenvalue weighted by atomic mass is 28.3. The van der Waals surface area contributed by atoms with E-state index in [0.29, 0.717) is 0 Å². The van der Waals surface area contributed by atoms with Gasteiger partial charge in [0.2, 0.25) is 0 Å². The summed E-state index contributed by atoms with van der Waals surface area (Å²) in [7, 11) is -2.57. The lowest BCUT2D eigenvalue weighted by Gasteiger charge is -2.28. The zero-order valence-corrected chi connectivity index (χ0v) is 28.8. The van der Waals surface area contributed by atoms with Gasteiger partial charge in [0.25, 0.3) is 0 Å². The van der Waals surface area contributed by atoms with E-state index in [4.69, 9.17) is 9.97 Å². The van der Waals surface area contributed by atoms with Crippen LogP contribution in [0, 0.1) is 0 Å². The van der Waals surface area contributed by atoms with E-state index in [0.717, 1.165) is 41.2 Å². The van der Waals surface area contributed by atoms with Gasteiger partial charge in [0, 0.05) is 28.7 Å². The maximum Gasteiger partial charge on any atom is 0.182 e. The topological polar surface area (TPSA) is 25.8 Å². The lowest BCUT2D eigenvalue weighted by molar-refractivity contribution is 1.13. The molecular formula is C48H30N2Si. The van der Waals surface area contributed by atoms with E-state index in [9.17, 15) is 0 Å². The average Bonchev–Trinajstić information content (AvgIpc) is 3.92. The van der Waals surface area contributed by atoms with Crippen LogP contribution in [0.2, 0.25) is 0 Å². The fourth-order valence-corrected chi connectivity index (χ4v) is 15.5. The van der Waals surface area contributed by atoms with Crippen LogP contribution in [0.15, 0.2) is 158 Å². The Kier molecular flexibility index (Phi) is 5.40. The Bertz CT molecular complexity index is 2770. The molecule has 3 heterocycles. The van der Waals surface area contributed by atoms with Gasteiger partial charge in [-0.2, -0.15) is 0 Å². The second-order valence-corrected chi connectivity index (χ2v) is 18.1. The van der Waals surface area contributed by atoms with Crippen LogP contribution in [0.25, 0.3) is 67.3 Å². The number of hydrogen-bond donors (Lipinski definition) is 0. The van der Waals surface area contributed by atoms with Gasteiger partial charge in [0.05, 0.1) is 11.4 Å². The van der Waals surface area contributed by atoms with Gasteiger partial charge in [-0.1, -0.05) is 152 Å². The van der Waals surface area contributed by atoms with Crippen molar-refractivity contribution < 1.29 is 0 Å². The maximum atomic E-state index is 5.53. The van der Waals surface area contributed by atoms with Crippen molar-refractivity contribution >= 4 is 28.8 Å². The van der Waals surface area contributed by atoms with Crippen LogP contribution in [0.4, 0.5) is 0 Å². The third kappa shape index (κ3) is 3.56. The summed E-state index contributed by atoms with van der Waals surface area (Å²) < 4.78 is 0. The van der Waals surface area contributed by atoms with Crippen molar-refractivity contribution in [2.45, 2.75) is 12.8 Å². The molecular weight excluding hydrogens is 633 g/mol. The van der Waals surface area contributed by atoms with Crippen LogP contribution in [0.3, 0.4) is 0 Å². The highest BCUT2D eigenvalue weighted by Crippen LogP contribution is 2.44. The standard InChI is InChI=1S/C48H30N2Si/c1-3-13-34-29(11-1)25-31-21-22-32(27-40(31)34)46-41-26-30-12-2-4-14-35(30)47(41)50-48(49-46)33-23-24-39-38-17-7-10-20-44(38)51(45(39)28-33)42-18-8-5-15-36(42)37-16-6-9-19-43(37)51/h1-24,27-28H,25-26H2. The van der Waals surface area contributed by atoms with Gasteiger partial charge >= 0.3 is 0 Å². The van der Waals surface area contributed by atoms with Gasteiger partial charge in [0.1, 0.15) is 0 Å². The van der Waals surface area contributed by atoms with Gasteiger partial charge in [-0.15, -0.1) is 0 Å². The lowest BCUT2D eigenvalue weighted by Crippen LogP contribution is -2.70. The minimum atomic E-state index is -2.57. The fraction of sp³-hybridized carbons (Fsp3) is 0.0417. The van der Waals surface area contributed by atoms with Crippen molar-refractivity contribution in [3.63, 3.8) is 0 Å². The number of aromatic nitrogens is 2. The second-order valence-electron chi connectivity index (χ2n) is 14.4. The second kappa shape index (κ2) is 9.97. The van der Waals surface area contributed by atoms with E-state index in [1.165, 1.54) is 81.9 Å². The van der Waals surface area contributed by atoms with Crippen molar-refractivity contribution in [1.82, 2.24) is 9.97 Å². The molecule has 0 radical (unpaired) electrons. The molecule has 0 N–H and O–H groups in total. The normalized spacial score (nSPS) is 14.3. The molecule has 1 aromatic heterocycles. The zero-order valence-electron chi connectivity index (χ0n) is 27.8. The van der Waals surface area contributed by atoms with Crippen molar-refractivity contribution in [1.29, 1.82) is 0 Å². The number of nitrogens with zero attached hydrogens (tertiary/aromatic N) is 2. The summed E-state index contributed by atoms with van der Waals surface area (Å²) in [4.78, 5) is 11.0. The van der Waals surface area contributed by atoms with Crippen LogP contribution < -0.4 is 20.7 Å². The molecule has 236 valence electrons. The van der Waals surface area contributed by atoms with Crippen LogP contribution >= 0.6 is 0 Å². The van der Waals surface area contributed by atoms with E-state index in [1.807, 2.05) is 0 Å². The number of hydrogen-bond acceptors (Lipinski definition) is 2. The molecule has 51 heavy (non-hydrogen) atoms. The molecule has 8 aromatic rings. The largest absolute Gasteiger partial charge is 0.228 e. The highest BCUT2D eigenvalue weighted by Gasteiger charge is 2.53. The first-order chi connectivity index (χ1) is 25.3. The van der Waals surface area contributed by atoms with E-state index in [2.05, 4.69) is 158 Å². The van der Waals surface area contributed by atoms with E-state index >= 15 is 0 Å². The van der Waals surface area contributed by atoms with Crippen LogP contribution in [0.1, 0.15) is 22.3 Å². The first-order valence-electron chi connectivity index (χ1n) is 17.9. The number of fused-ring (bicyclic) bond motifs is 16. The Hall–Kier alpha value is -6.16. The summed E-state index contributed by atoms with van der Waals surface area (Å²) in [5, 5.41) is 5.89. The van der Waals surface area contributed by atoms with Crippen LogP contribution in [0.5, 0.6) is 0 Å². The summed E-state index contributed by atoms with van der Waals surface area (Å²) in [6.07, 6.45) is 1.83. The Labute approximate surface area is 297 Å². The molecule has 0 saturated carbocycles. The smallest absolute Gasteiger partial charge is 0.182 e. The molecule has 2 nitrogen and oxygen atoms in total. The Morgan fingerprint density at radius 1 is 0.353 bits per heavy atom. The minimum absolute atomic E-state index is 0.795. The monoisotopic (exact) mass is 662 g/mol. The molecule has 1 spiro atoms. The molecule has 0 bridgehead atoms. The molecule has 0 unspecified atom stereocenters. The molecule has 4 aliphatic rings. The third-order valence-electron chi connectivity index (χ3n) is 12.0. The number of benzene rings is 7. The molecule has 0 amide bonds. The Balaban J connectivity index is 1.11. The molecule has 3 heteroatoms. The van der Waals surface area contributed by atoms with Crippen LogP contribution in [-0.2, 0) is 12.8 Å². The van der Waals surface area contributed by atoms with Gasteiger partial charge < -0.3 is 0 Å². The fourth-order valence-electron chi connectivity index (χ4n) is 9.84. The highest BCUT2D eigenvalue weighted by molar-refractivity contribution is 7.24. The van der Waals surface area contributed by atoms with Crippen molar-refractivity contribution in [3.8, 4) is 67.3 Å². The van der Waals surface area contributed by atoms with Crippen molar-refractivity contribution in [2.24, 2.45) is 0 Å². The summed E-state index contributed by atoms with van der Waals surface area (Å²) in [5.74, 6) is 0.795. The molecule has 0 atom stereocenters. The SMILES string of the molecule is c1ccc2c(c1)Cc1ccc(-c3nc(-c4ccc5c(c4)[Si]4(c6ccccc6-c6ccccc64)c4ccccc4-5)nc4c3Cc3ccccc3-4)cc1-2. The predicted octanol–water partition coefficient (Wildman–Crippen LogP) is 8.29. The predicted molar refractivity (Wildman–Crippen MR) is 211 cm³/mol. The number of rotatable bonds is 2. The zero-order chi connectivity index (χ0) is 33.3. The van der Waals surface area contributed by atoms with Crippen molar-refractivity contribution in [3.05, 3.63) is 180 Å². The summed E-state index contributed by atoms with van der Waals surface area (Å²) in [6.45, 7) is 0. The van der Waals surface area contributed by atoms with Gasteiger partial charge in [-0.25, -0.2) is 9.97 Å². The molecule has 2 aliphatic heterocycles. The Morgan fingerprint density at radius 2 is 0.863 bits per heavy atom. The first kappa shape index (κ1) is 27.6. The van der Waals surface area contributed by atoms with E-state index in [1.54, 1.807) is 0 Å². The van der Waals surface area contributed by atoms with Gasteiger partial charge in [-0.05, 0) is 83.3 Å². The molecule has 0 fully saturated rings. The molecule has 0 saturated heterocycles. The van der Waals surface area contributed by atoms with E-state index in [-0.39, 0.29) is 0 Å². The Morgan fingerprint density at radius 3 is 1.55 bits per heavy atom. The molecule has 2 aliphatic carbocycles. The minimum Gasteiger partial charge on any atom is -0.228 e. The quantitative estimate of drug-likeness (QED) is 0.174. The summed E-state index contributed by atoms with van der Waals surface area (Å²) in [5.41, 5.74) is 19.0. The first-order valence-corrected chi connectivity index (χ1v) is 19.9. The van der Waals surface area contributed by atoms with Crippen LogP contribution in [-0.4, -0.2) is 18.0 Å². The average molecular weight is 663 g/mol. The molecule has 7 aromatic carbocycles. The summed E-state index contributed by atoms with van der Waals surface area (Å²) in [6, 6.07) is 59.1. The van der Waals surface area contributed by atoms with Crippen molar-refractivity contribution in [2.75, 3.05) is 0 Å². The van der Waals surface area contributed by atoms with Gasteiger partial charge in [-0.3, -0.25) is 0 Å². The lowest BCUT2D eigenvalue weighted by atomic mass is 9.98. The van der Waals surface area contributed by atoms with Gasteiger partial charge in [0.15, 0.2) is 13.9 Å².